The van der Waals surface area contributed by atoms with Crippen molar-refractivity contribution in [2.75, 3.05) is 7.05 Å². The molecule has 0 aromatic heterocycles. The van der Waals surface area contributed by atoms with E-state index in [9.17, 15) is 19.2 Å². The highest BCUT2D eigenvalue weighted by Crippen LogP contribution is 2.22. The molecule has 2 rings (SSSR count). The van der Waals surface area contributed by atoms with Crippen LogP contribution < -0.4 is 5.32 Å². The first kappa shape index (κ1) is 16.4. The molecule has 1 atom stereocenters. The molecule has 1 heterocycles. The van der Waals surface area contributed by atoms with Gasteiger partial charge in [0.1, 0.15) is 6.04 Å². The molecule has 120 valence electrons. The maximum absolute atomic E-state index is 12.2. The number of nitrogens with one attached hydrogen (secondary N) is 1. The van der Waals surface area contributed by atoms with Crippen molar-refractivity contribution in [3.63, 3.8) is 0 Å². The van der Waals surface area contributed by atoms with Crippen LogP contribution in [-0.4, -0.2) is 46.8 Å². The normalized spacial score (nSPS) is 14.4. The minimum absolute atomic E-state index is 0.130. The van der Waals surface area contributed by atoms with E-state index in [1.165, 1.54) is 25.2 Å². The van der Waals surface area contributed by atoms with Gasteiger partial charge in [0.2, 0.25) is 0 Å². The molecule has 7 nitrogen and oxygen atoms in total. The summed E-state index contributed by atoms with van der Waals surface area (Å²) in [5.74, 6) is -2.67. The fourth-order valence-corrected chi connectivity index (χ4v) is 2.29. The SMILES string of the molecule is C=CCCC(NC(=O)c1ccc2c(c1)C(=O)N(C)C2=O)C(=O)O. The van der Waals surface area contributed by atoms with Crippen molar-refractivity contribution >= 4 is 23.7 Å². The monoisotopic (exact) mass is 316 g/mol. The van der Waals surface area contributed by atoms with E-state index >= 15 is 0 Å². The molecular weight excluding hydrogens is 300 g/mol. The van der Waals surface area contributed by atoms with E-state index in [-0.39, 0.29) is 23.1 Å². The van der Waals surface area contributed by atoms with Crippen LogP contribution in [0.5, 0.6) is 0 Å². The third kappa shape index (κ3) is 3.13. The van der Waals surface area contributed by atoms with Gasteiger partial charge in [-0.25, -0.2) is 4.79 Å². The Bertz CT molecular complexity index is 710. The minimum atomic E-state index is -1.15. The van der Waals surface area contributed by atoms with Crippen LogP contribution in [-0.2, 0) is 4.79 Å². The molecule has 1 aromatic carbocycles. The largest absolute Gasteiger partial charge is 0.480 e. The van der Waals surface area contributed by atoms with Crippen molar-refractivity contribution in [1.29, 1.82) is 0 Å². The number of allylic oxidation sites excluding steroid dienone is 1. The predicted octanol–water partition coefficient (Wildman–Crippen LogP) is 1.06. The maximum atomic E-state index is 12.2. The molecule has 23 heavy (non-hydrogen) atoms. The predicted molar refractivity (Wildman–Crippen MR) is 81.2 cm³/mol. The fourth-order valence-electron chi connectivity index (χ4n) is 2.29. The molecule has 0 bridgehead atoms. The first-order chi connectivity index (χ1) is 10.9. The van der Waals surface area contributed by atoms with Crippen LogP contribution in [0.2, 0.25) is 0 Å². The van der Waals surface area contributed by atoms with Gasteiger partial charge < -0.3 is 10.4 Å². The Morgan fingerprint density at radius 3 is 2.57 bits per heavy atom. The summed E-state index contributed by atoms with van der Waals surface area (Å²) < 4.78 is 0. The lowest BCUT2D eigenvalue weighted by Crippen LogP contribution is -2.40. The molecule has 1 unspecified atom stereocenters. The second kappa shape index (κ2) is 6.43. The second-order valence-electron chi connectivity index (χ2n) is 5.16. The van der Waals surface area contributed by atoms with Crippen molar-refractivity contribution in [1.82, 2.24) is 10.2 Å². The molecule has 1 aliphatic heterocycles. The van der Waals surface area contributed by atoms with E-state index in [2.05, 4.69) is 11.9 Å². The molecule has 1 aromatic rings. The molecule has 0 radical (unpaired) electrons. The Morgan fingerprint density at radius 2 is 1.96 bits per heavy atom. The molecule has 0 fully saturated rings. The molecule has 0 saturated heterocycles. The van der Waals surface area contributed by atoms with Gasteiger partial charge in [-0.1, -0.05) is 6.08 Å². The Balaban J connectivity index is 2.21. The van der Waals surface area contributed by atoms with Gasteiger partial charge in [0, 0.05) is 12.6 Å². The van der Waals surface area contributed by atoms with Crippen molar-refractivity contribution in [3.8, 4) is 0 Å². The number of hydrogen-bond acceptors (Lipinski definition) is 4. The van der Waals surface area contributed by atoms with Crippen molar-refractivity contribution < 1.29 is 24.3 Å². The van der Waals surface area contributed by atoms with Gasteiger partial charge in [-0.2, -0.15) is 0 Å². The van der Waals surface area contributed by atoms with Crippen molar-refractivity contribution in [3.05, 3.63) is 47.5 Å². The number of hydrogen-bond donors (Lipinski definition) is 2. The van der Waals surface area contributed by atoms with Crippen LogP contribution in [0, 0.1) is 0 Å². The number of carboxylic acid groups (broad SMARTS) is 1. The lowest BCUT2D eigenvalue weighted by atomic mass is 10.0. The number of fused-ring (bicyclic) bond motifs is 1. The summed E-state index contributed by atoms with van der Waals surface area (Å²) in [4.78, 5) is 48.0. The lowest BCUT2D eigenvalue weighted by Gasteiger charge is -2.13. The van der Waals surface area contributed by atoms with Crippen molar-refractivity contribution in [2.45, 2.75) is 18.9 Å². The Labute approximate surface area is 132 Å². The number of carboxylic acids is 1. The van der Waals surface area contributed by atoms with Gasteiger partial charge in [0.25, 0.3) is 17.7 Å². The van der Waals surface area contributed by atoms with Crippen LogP contribution in [0.15, 0.2) is 30.9 Å². The van der Waals surface area contributed by atoms with Gasteiger partial charge in [0.05, 0.1) is 11.1 Å². The van der Waals surface area contributed by atoms with E-state index in [1.807, 2.05) is 0 Å². The number of benzene rings is 1. The zero-order chi connectivity index (χ0) is 17.1. The topological polar surface area (TPSA) is 104 Å². The summed E-state index contributed by atoms with van der Waals surface area (Å²) in [6.45, 7) is 3.51. The molecular formula is C16H16N2O5. The third-order valence-corrected chi connectivity index (χ3v) is 3.61. The highest BCUT2D eigenvalue weighted by Gasteiger charge is 2.33. The highest BCUT2D eigenvalue weighted by molar-refractivity contribution is 6.21. The molecule has 2 N–H and O–H groups in total. The summed E-state index contributed by atoms with van der Waals surface area (Å²) in [7, 11) is 1.36. The molecule has 0 aliphatic carbocycles. The standard InChI is InChI=1S/C16H16N2O5/c1-3-4-5-12(16(22)23)17-13(19)9-6-7-10-11(8-9)15(21)18(2)14(10)20/h3,6-8,12H,1,4-5H2,2H3,(H,17,19)(H,22,23). The number of nitrogens with zero attached hydrogens (tertiary/aromatic N) is 1. The minimum Gasteiger partial charge on any atom is -0.480 e. The number of carbonyl (C=O) groups is 4. The zero-order valence-electron chi connectivity index (χ0n) is 12.5. The summed E-state index contributed by atoms with van der Waals surface area (Å²) in [6.07, 6.45) is 2.23. The Hall–Kier alpha value is -2.96. The van der Waals surface area contributed by atoms with E-state index < -0.39 is 29.7 Å². The quantitative estimate of drug-likeness (QED) is 0.603. The van der Waals surface area contributed by atoms with Gasteiger partial charge in [-0.05, 0) is 31.0 Å². The first-order valence-corrected chi connectivity index (χ1v) is 6.97. The highest BCUT2D eigenvalue weighted by atomic mass is 16.4. The van der Waals surface area contributed by atoms with Crippen LogP contribution in [0.3, 0.4) is 0 Å². The van der Waals surface area contributed by atoms with Gasteiger partial charge in [0.15, 0.2) is 0 Å². The van der Waals surface area contributed by atoms with Crippen LogP contribution in [0.25, 0.3) is 0 Å². The molecule has 0 saturated carbocycles. The Kier molecular flexibility index (Phi) is 4.59. The van der Waals surface area contributed by atoms with E-state index in [4.69, 9.17) is 5.11 Å². The number of amides is 3. The number of aliphatic carboxylic acids is 1. The smallest absolute Gasteiger partial charge is 0.326 e. The summed E-state index contributed by atoms with van der Waals surface area (Å²) in [6, 6.07) is 3.05. The lowest BCUT2D eigenvalue weighted by molar-refractivity contribution is -0.139. The zero-order valence-corrected chi connectivity index (χ0v) is 12.5. The average molecular weight is 316 g/mol. The van der Waals surface area contributed by atoms with E-state index in [0.717, 1.165) is 4.90 Å². The van der Waals surface area contributed by atoms with Gasteiger partial charge >= 0.3 is 5.97 Å². The molecule has 7 heteroatoms. The first-order valence-electron chi connectivity index (χ1n) is 6.97. The third-order valence-electron chi connectivity index (χ3n) is 3.61. The van der Waals surface area contributed by atoms with Gasteiger partial charge in [-0.3, -0.25) is 19.3 Å². The van der Waals surface area contributed by atoms with E-state index in [1.54, 1.807) is 6.08 Å². The van der Waals surface area contributed by atoms with Crippen LogP contribution in [0.4, 0.5) is 0 Å². The van der Waals surface area contributed by atoms with E-state index in [0.29, 0.717) is 6.42 Å². The average Bonchev–Trinajstić information content (AvgIpc) is 2.75. The summed E-state index contributed by atoms with van der Waals surface area (Å²) in [5.41, 5.74) is 0.503. The second-order valence-corrected chi connectivity index (χ2v) is 5.16. The fraction of sp³-hybridized carbons (Fsp3) is 0.250. The maximum Gasteiger partial charge on any atom is 0.326 e. The molecule has 0 spiro atoms. The molecule has 1 aliphatic rings. The van der Waals surface area contributed by atoms with Gasteiger partial charge in [-0.15, -0.1) is 6.58 Å². The van der Waals surface area contributed by atoms with Crippen LogP contribution >= 0.6 is 0 Å². The Morgan fingerprint density at radius 1 is 1.30 bits per heavy atom. The summed E-state index contributed by atoms with van der Waals surface area (Å²) in [5, 5.41) is 11.5. The number of imide groups is 1. The number of rotatable bonds is 6. The number of carbonyl (C=O) groups excluding carboxylic acids is 3. The van der Waals surface area contributed by atoms with Crippen LogP contribution in [0.1, 0.15) is 43.9 Å². The van der Waals surface area contributed by atoms with Crippen molar-refractivity contribution in [2.24, 2.45) is 0 Å². The summed E-state index contributed by atoms with van der Waals surface area (Å²) >= 11 is 0. The molecule has 3 amide bonds.